The summed E-state index contributed by atoms with van der Waals surface area (Å²) in [5.74, 6) is -2.13. The maximum Gasteiger partial charge on any atom is 0.517 e. The number of methoxy groups -OCH3 is 1. The van der Waals surface area contributed by atoms with Crippen molar-refractivity contribution in [1.82, 2.24) is 0 Å². The van der Waals surface area contributed by atoms with E-state index in [-0.39, 0.29) is 15.4 Å². The second kappa shape index (κ2) is 7.16. The largest absolute Gasteiger partial charge is 0.517 e. The number of carbonyl (C=O) groups is 2. The Balaban J connectivity index is 2.53. The number of anilines is 1. The number of rotatable bonds is 4. The number of alkyl halides is 3. The number of para-hydroxylation sites is 1. The Bertz CT molecular complexity index is 909. The number of benzene rings is 2. The number of hydrogen-bond acceptors (Lipinski definition) is 5. The Hall–Kier alpha value is -2.88. The van der Waals surface area contributed by atoms with Crippen LogP contribution in [0.3, 0.4) is 0 Å². The van der Waals surface area contributed by atoms with E-state index in [0.29, 0.717) is 0 Å². The van der Waals surface area contributed by atoms with Gasteiger partial charge in [-0.15, -0.1) is 0 Å². The molecule has 0 unspecified atom stereocenters. The lowest BCUT2D eigenvalue weighted by molar-refractivity contribution is -0.0437. The quantitative estimate of drug-likeness (QED) is 0.754. The smallest absolute Gasteiger partial charge is 0.465 e. The molecule has 2 aromatic carbocycles. The number of hydrogen-bond donors (Lipinski definition) is 0. The van der Waals surface area contributed by atoms with Crippen LogP contribution in [0.5, 0.6) is 0 Å². The zero-order chi connectivity index (χ0) is 19.5. The molecule has 0 aliphatic carbocycles. The normalized spacial score (nSPS) is 11.7. The fourth-order valence-corrected chi connectivity index (χ4v) is 2.95. The second-order valence-corrected chi connectivity index (χ2v) is 6.70. The van der Waals surface area contributed by atoms with Crippen molar-refractivity contribution in [2.45, 2.75) is 5.51 Å². The first-order valence-electron chi connectivity index (χ1n) is 6.99. The summed E-state index contributed by atoms with van der Waals surface area (Å²) in [6.45, 7) is 0. The molecule has 6 nitrogen and oxygen atoms in total. The molecule has 0 aliphatic heterocycles. The summed E-state index contributed by atoms with van der Waals surface area (Å²) >= 11 is 0. The molecule has 26 heavy (non-hydrogen) atoms. The third-order valence-corrected chi connectivity index (χ3v) is 4.70. The summed E-state index contributed by atoms with van der Waals surface area (Å²) in [7, 11) is -4.84. The first-order chi connectivity index (χ1) is 12.1. The predicted octanol–water partition coefficient (Wildman–Crippen LogP) is 2.97. The van der Waals surface area contributed by atoms with E-state index < -0.39 is 33.1 Å². The van der Waals surface area contributed by atoms with E-state index in [9.17, 15) is 31.2 Å². The van der Waals surface area contributed by atoms with Gasteiger partial charge in [-0.2, -0.15) is 25.9 Å². The highest BCUT2D eigenvalue weighted by Gasteiger charge is 2.52. The summed E-state index contributed by atoms with van der Waals surface area (Å²) in [6, 6.07) is 10.5. The average molecular weight is 387 g/mol. The Morgan fingerprint density at radius 2 is 1.42 bits per heavy atom. The number of amides is 1. The van der Waals surface area contributed by atoms with Crippen LogP contribution in [0.25, 0.3) is 0 Å². The van der Waals surface area contributed by atoms with Crippen LogP contribution in [0.15, 0.2) is 54.6 Å². The van der Waals surface area contributed by atoms with Gasteiger partial charge in [0.25, 0.3) is 5.91 Å². The van der Waals surface area contributed by atoms with Crippen LogP contribution >= 0.6 is 0 Å². The lowest BCUT2D eigenvalue weighted by Gasteiger charge is -2.23. The Labute approximate surface area is 146 Å². The first kappa shape index (κ1) is 19.4. The summed E-state index contributed by atoms with van der Waals surface area (Å²) in [5, 5.41) is 0. The number of ether oxygens (including phenoxy) is 1. The first-order valence-corrected chi connectivity index (χ1v) is 8.43. The highest BCUT2D eigenvalue weighted by molar-refractivity contribution is 7.94. The number of carbonyl (C=O) groups excluding carboxylic acids is 2. The minimum absolute atomic E-state index is 0.0500. The molecule has 0 aliphatic rings. The fraction of sp³-hybridized carbons (Fsp3) is 0.125. The number of sulfonamides is 1. The molecule has 0 fully saturated rings. The van der Waals surface area contributed by atoms with Crippen molar-refractivity contribution in [1.29, 1.82) is 0 Å². The van der Waals surface area contributed by atoms with Gasteiger partial charge in [0.1, 0.15) is 0 Å². The Morgan fingerprint density at radius 1 is 0.923 bits per heavy atom. The van der Waals surface area contributed by atoms with Gasteiger partial charge < -0.3 is 4.74 Å². The van der Waals surface area contributed by atoms with Crippen LogP contribution in [-0.2, 0) is 14.8 Å². The molecular formula is C16H12F3NO5S. The molecule has 0 bridgehead atoms. The third kappa shape index (κ3) is 3.69. The van der Waals surface area contributed by atoms with Crippen LogP contribution in [0.4, 0.5) is 18.9 Å². The maximum atomic E-state index is 13.0. The minimum atomic E-state index is -5.98. The van der Waals surface area contributed by atoms with Gasteiger partial charge in [-0.1, -0.05) is 18.2 Å². The molecule has 0 spiro atoms. The molecule has 0 saturated carbocycles. The van der Waals surface area contributed by atoms with Gasteiger partial charge >= 0.3 is 21.5 Å². The summed E-state index contributed by atoms with van der Waals surface area (Å²) in [5.41, 5.74) is -6.44. The van der Waals surface area contributed by atoms with Gasteiger partial charge in [-0.05, 0) is 36.4 Å². The maximum absolute atomic E-state index is 13.0. The lowest BCUT2D eigenvalue weighted by atomic mass is 10.1. The SMILES string of the molecule is COC(=O)c1ccc(C(=O)N(c2ccccc2)S(=O)(=O)C(F)(F)F)cc1. The highest BCUT2D eigenvalue weighted by Crippen LogP contribution is 2.32. The molecule has 10 heteroatoms. The molecule has 0 atom stereocenters. The molecule has 0 radical (unpaired) electrons. The van der Waals surface area contributed by atoms with Gasteiger partial charge in [0.15, 0.2) is 0 Å². The number of nitrogens with zero attached hydrogens (tertiary/aromatic N) is 1. The van der Waals surface area contributed by atoms with Crippen LogP contribution in [0.2, 0.25) is 0 Å². The van der Waals surface area contributed by atoms with Gasteiger partial charge in [-0.25, -0.2) is 4.79 Å². The number of halogens is 3. The van der Waals surface area contributed by atoms with E-state index in [1.807, 2.05) is 0 Å². The zero-order valence-electron chi connectivity index (χ0n) is 13.2. The molecule has 0 N–H and O–H groups in total. The standard InChI is InChI=1S/C16H12F3NO5S/c1-25-15(22)12-9-7-11(8-10-12)14(21)20(13-5-3-2-4-6-13)26(23,24)16(17,18)19/h2-10H,1H3. The van der Waals surface area contributed by atoms with Gasteiger partial charge in [0.2, 0.25) is 0 Å². The van der Waals surface area contributed by atoms with Crippen molar-refractivity contribution in [3.63, 3.8) is 0 Å². The molecule has 138 valence electrons. The number of esters is 1. The second-order valence-electron chi connectivity index (χ2n) is 4.92. The van der Waals surface area contributed by atoms with Crippen LogP contribution in [0, 0.1) is 0 Å². The van der Waals surface area contributed by atoms with Gasteiger partial charge in [0.05, 0.1) is 18.4 Å². The van der Waals surface area contributed by atoms with Crippen molar-refractivity contribution in [3.8, 4) is 0 Å². The van der Waals surface area contributed by atoms with Crippen LogP contribution in [0.1, 0.15) is 20.7 Å². The van der Waals surface area contributed by atoms with Gasteiger partial charge in [0, 0.05) is 5.56 Å². The van der Waals surface area contributed by atoms with E-state index in [4.69, 9.17) is 0 Å². The summed E-state index contributed by atoms with van der Waals surface area (Å²) in [4.78, 5) is 23.9. The zero-order valence-corrected chi connectivity index (χ0v) is 14.0. The summed E-state index contributed by atoms with van der Waals surface area (Å²) in [6.07, 6.45) is 0. The Morgan fingerprint density at radius 3 is 1.88 bits per heavy atom. The predicted molar refractivity (Wildman–Crippen MR) is 86.0 cm³/mol. The van der Waals surface area contributed by atoms with Crippen LogP contribution in [-0.4, -0.2) is 32.9 Å². The van der Waals surface area contributed by atoms with E-state index in [0.717, 1.165) is 43.5 Å². The fourth-order valence-electron chi connectivity index (χ4n) is 2.02. The van der Waals surface area contributed by atoms with E-state index in [1.54, 1.807) is 0 Å². The van der Waals surface area contributed by atoms with E-state index in [1.165, 1.54) is 18.2 Å². The summed E-state index contributed by atoms with van der Waals surface area (Å²) < 4.78 is 67.0. The molecule has 1 amide bonds. The van der Waals surface area contributed by atoms with Crippen molar-refractivity contribution in [3.05, 3.63) is 65.7 Å². The van der Waals surface area contributed by atoms with E-state index >= 15 is 0 Å². The lowest BCUT2D eigenvalue weighted by Crippen LogP contribution is -2.44. The van der Waals surface area contributed by atoms with Crippen LogP contribution < -0.4 is 4.31 Å². The van der Waals surface area contributed by atoms with Crippen molar-refractivity contribution in [2.75, 3.05) is 11.4 Å². The topological polar surface area (TPSA) is 80.8 Å². The van der Waals surface area contributed by atoms with E-state index in [2.05, 4.69) is 4.74 Å². The molecule has 0 saturated heterocycles. The average Bonchev–Trinajstić information content (AvgIpc) is 2.61. The van der Waals surface area contributed by atoms with Crippen molar-refractivity contribution >= 4 is 27.6 Å². The Kier molecular flexibility index (Phi) is 5.36. The third-order valence-electron chi connectivity index (χ3n) is 3.26. The molecule has 2 aromatic rings. The van der Waals surface area contributed by atoms with Crippen molar-refractivity contribution in [2.24, 2.45) is 0 Å². The minimum Gasteiger partial charge on any atom is -0.465 e. The monoisotopic (exact) mass is 387 g/mol. The van der Waals surface area contributed by atoms with Gasteiger partial charge in [-0.3, -0.25) is 4.79 Å². The van der Waals surface area contributed by atoms with Crippen molar-refractivity contribution < 1.29 is 35.9 Å². The molecule has 2 rings (SSSR count). The molecule has 0 aromatic heterocycles. The highest BCUT2D eigenvalue weighted by atomic mass is 32.2. The molecule has 0 heterocycles. The molecular weight excluding hydrogens is 375 g/mol.